The van der Waals surface area contributed by atoms with Gasteiger partial charge in [-0.1, -0.05) is 6.92 Å². The molecule has 34 heavy (non-hydrogen) atoms. The van der Waals surface area contributed by atoms with Crippen LogP contribution in [0.15, 0.2) is 0 Å². The van der Waals surface area contributed by atoms with Crippen molar-refractivity contribution in [2.75, 3.05) is 50.7 Å². The molecule has 3 amide bonds. The van der Waals surface area contributed by atoms with Gasteiger partial charge in [-0.05, 0) is 37.0 Å². The average Bonchev–Trinajstić information content (AvgIpc) is 2.82. The van der Waals surface area contributed by atoms with E-state index >= 15 is 0 Å². The predicted molar refractivity (Wildman–Crippen MR) is 126 cm³/mol. The number of aliphatic hydroxyl groups is 4. The molecule has 11 nitrogen and oxygen atoms in total. The summed E-state index contributed by atoms with van der Waals surface area (Å²) >= 11 is 5.56. The number of halogens is 1. The molecule has 0 aromatic heterocycles. The van der Waals surface area contributed by atoms with Crippen LogP contribution < -0.4 is 16.0 Å². The van der Waals surface area contributed by atoms with Gasteiger partial charge in [-0.2, -0.15) is 0 Å². The van der Waals surface area contributed by atoms with Gasteiger partial charge in [-0.25, -0.2) is 0 Å². The van der Waals surface area contributed by atoms with Crippen molar-refractivity contribution in [3.63, 3.8) is 0 Å². The van der Waals surface area contributed by atoms with Crippen LogP contribution >= 0.6 is 11.6 Å². The maximum Gasteiger partial charge on any atom is 0.252 e. The predicted octanol–water partition coefficient (Wildman–Crippen LogP) is -0.774. The quantitative estimate of drug-likeness (QED) is 0.128. The zero-order valence-corrected chi connectivity index (χ0v) is 20.4. The summed E-state index contributed by atoms with van der Waals surface area (Å²) < 4.78 is 5.16. The van der Waals surface area contributed by atoms with Crippen molar-refractivity contribution < 1.29 is 39.5 Å². The highest BCUT2D eigenvalue weighted by Crippen LogP contribution is 2.32. The van der Waals surface area contributed by atoms with E-state index in [1.54, 1.807) is 20.8 Å². The van der Waals surface area contributed by atoms with E-state index in [2.05, 4.69) is 16.0 Å². The summed E-state index contributed by atoms with van der Waals surface area (Å²) in [7, 11) is 0. The number of benzene rings is 1. The Morgan fingerprint density at radius 2 is 1.47 bits per heavy atom. The van der Waals surface area contributed by atoms with E-state index in [0.717, 1.165) is 0 Å². The summed E-state index contributed by atoms with van der Waals surface area (Å²) in [6, 6.07) is 0. The van der Waals surface area contributed by atoms with E-state index in [4.69, 9.17) is 26.6 Å². The number of carbonyl (C=O) groups is 3. The number of amides is 3. The fourth-order valence-electron chi connectivity index (χ4n) is 3.40. The highest BCUT2D eigenvalue weighted by atomic mass is 35.5. The van der Waals surface area contributed by atoms with Crippen LogP contribution in [0.5, 0.6) is 0 Å². The summed E-state index contributed by atoms with van der Waals surface area (Å²) in [5, 5.41) is 45.0. The van der Waals surface area contributed by atoms with Crippen molar-refractivity contribution in [2.24, 2.45) is 0 Å². The van der Waals surface area contributed by atoms with E-state index in [9.17, 15) is 24.6 Å². The summed E-state index contributed by atoms with van der Waals surface area (Å²) in [4.78, 5) is 38.5. The summed E-state index contributed by atoms with van der Waals surface area (Å²) in [5.74, 6) is -1.50. The number of aliphatic hydroxyl groups excluding tert-OH is 4. The monoisotopic (exact) mass is 503 g/mol. The highest BCUT2D eigenvalue weighted by Gasteiger charge is 2.27. The van der Waals surface area contributed by atoms with E-state index in [0.29, 0.717) is 23.1 Å². The molecule has 0 aliphatic rings. The molecule has 0 radical (unpaired) electrons. The van der Waals surface area contributed by atoms with Gasteiger partial charge in [0, 0.05) is 35.8 Å². The van der Waals surface area contributed by atoms with Crippen molar-refractivity contribution in [1.82, 2.24) is 10.6 Å². The van der Waals surface area contributed by atoms with Gasteiger partial charge in [0.15, 0.2) is 0 Å². The van der Waals surface area contributed by atoms with Gasteiger partial charge in [0.2, 0.25) is 5.91 Å². The smallest absolute Gasteiger partial charge is 0.252 e. The molecule has 0 bridgehead atoms. The molecule has 1 rings (SSSR count). The third-order valence-electron chi connectivity index (χ3n) is 5.05. The second-order valence-electron chi connectivity index (χ2n) is 7.59. The lowest BCUT2D eigenvalue weighted by Crippen LogP contribution is -2.37. The minimum absolute atomic E-state index is 0.118. The Morgan fingerprint density at radius 1 is 0.941 bits per heavy atom. The van der Waals surface area contributed by atoms with Gasteiger partial charge in [0.25, 0.3) is 11.8 Å². The summed E-state index contributed by atoms with van der Waals surface area (Å²) in [5.41, 5.74) is 1.74. The first-order valence-electron chi connectivity index (χ1n) is 10.9. The van der Waals surface area contributed by atoms with Crippen molar-refractivity contribution in [1.29, 1.82) is 0 Å². The van der Waals surface area contributed by atoms with Crippen LogP contribution in [-0.4, -0.2) is 95.8 Å². The first-order valence-corrected chi connectivity index (χ1v) is 11.4. The van der Waals surface area contributed by atoms with Gasteiger partial charge < -0.3 is 41.1 Å². The molecule has 0 fully saturated rings. The van der Waals surface area contributed by atoms with Gasteiger partial charge in [-0.3, -0.25) is 14.4 Å². The van der Waals surface area contributed by atoms with Crippen LogP contribution in [0.4, 0.5) is 5.69 Å². The largest absolute Gasteiger partial charge is 0.394 e. The number of anilines is 1. The molecule has 2 unspecified atom stereocenters. The molecule has 0 aliphatic heterocycles. The molecule has 2 atom stereocenters. The third-order valence-corrected chi connectivity index (χ3v) is 5.20. The molecule has 12 heteroatoms. The lowest BCUT2D eigenvalue weighted by atomic mass is 9.88. The van der Waals surface area contributed by atoms with E-state index in [1.807, 2.05) is 0 Å². The Bertz CT molecular complexity index is 865. The Kier molecular flexibility index (Phi) is 13.0. The fraction of sp³-hybridized carbons (Fsp3) is 0.591. The molecule has 1 aromatic carbocycles. The molecule has 0 aliphatic carbocycles. The molecule has 7 N–H and O–H groups in total. The zero-order chi connectivity index (χ0) is 25.8. The number of hydrogen-bond donors (Lipinski definition) is 7. The minimum atomic E-state index is -1.17. The molecule has 0 heterocycles. The Balaban J connectivity index is 3.52. The standard InChI is InChI=1S/C22H34ClN3O8/c1-4-16-19(22(33)25-8-15(30)10-28)12(2)18(21(32)24-7-14(29)9-27)13(3)20(16)26-17(31)11-34-6-5-23/h14-15,27-30H,4-11H2,1-3H3,(H,24,32)(H,25,33)(H,26,31). The summed E-state index contributed by atoms with van der Waals surface area (Å²) in [6.45, 7) is 3.35. The van der Waals surface area contributed by atoms with Crippen LogP contribution in [0.25, 0.3) is 0 Å². The van der Waals surface area contributed by atoms with Crippen molar-refractivity contribution in [3.05, 3.63) is 27.8 Å². The first-order chi connectivity index (χ1) is 16.1. The average molecular weight is 504 g/mol. The second-order valence-corrected chi connectivity index (χ2v) is 7.97. The van der Waals surface area contributed by atoms with Crippen molar-refractivity contribution >= 4 is 35.0 Å². The normalized spacial score (nSPS) is 12.7. The fourth-order valence-corrected chi connectivity index (χ4v) is 3.51. The molecular weight excluding hydrogens is 470 g/mol. The number of nitrogens with one attached hydrogen (secondary N) is 3. The molecule has 0 saturated carbocycles. The molecular formula is C22H34ClN3O8. The lowest BCUT2D eigenvalue weighted by molar-refractivity contribution is -0.120. The van der Waals surface area contributed by atoms with E-state index in [-0.39, 0.29) is 49.0 Å². The molecule has 1 aromatic rings. The Morgan fingerprint density at radius 3 is 1.94 bits per heavy atom. The Labute approximate surface area is 203 Å². The van der Waals surface area contributed by atoms with Crippen molar-refractivity contribution in [3.8, 4) is 0 Å². The number of hydrogen-bond acceptors (Lipinski definition) is 8. The van der Waals surface area contributed by atoms with Crippen molar-refractivity contribution in [2.45, 2.75) is 39.4 Å². The number of ether oxygens (including phenoxy) is 1. The van der Waals surface area contributed by atoms with Gasteiger partial charge in [0.05, 0.1) is 32.0 Å². The maximum absolute atomic E-state index is 13.1. The van der Waals surface area contributed by atoms with E-state index < -0.39 is 43.1 Å². The topological polar surface area (TPSA) is 177 Å². The van der Waals surface area contributed by atoms with Gasteiger partial charge in [0.1, 0.15) is 6.61 Å². The van der Waals surface area contributed by atoms with Crippen LogP contribution in [0.2, 0.25) is 0 Å². The van der Waals surface area contributed by atoms with Crippen LogP contribution in [-0.2, 0) is 16.0 Å². The Hall–Kier alpha value is -2.28. The van der Waals surface area contributed by atoms with Crippen LogP contribution in [0, 0.1) is 13.8 Å². The van der Waals surface area contributed by atoms with Crippen LogP contribution in [0.3, 0.4) is 0 Å². The molecule has 0 spiro atoms. The molecule has 192 valence electrons. The number of rotatable bonds is 14. The number of carbonyl (C=O) groups excluding carboxylic acids is 3. The lowest BCUT2D eigenvalue weighted by Gasteiger charge is -2.23. The minimum Gasteiger partial charge on any atom is -0.394 e. The highest BCUT2D eigenvalue weighted by molar-refractivity contribution is 6.18. The maximum atomic E-state index is 13.1. The second kappa shape index (κ2) is 14.9. The van der Waals surface area contributed by atoms with Gasteiger partial charge >= 0.3 is 0 Å². The van der Waals surface area contributed by atoms with E-state index in [1.165, 1.54) is 0 Å². The first kappa shape index (κ1) is 29.8. The number of alkyl halides is 1. The SMILES string of the molecule is CCc1c(NC(=O)COCCCl)c(C)c(C(=O)NCC(O)CO)c(C)c1C(=O)NCC(O)CO. The third kappa shape index (κ3) is 8.19. The summed E-state index contributed by atoms with van der Waals surface area (Å²) in [6.07, 6.45) is -2.00. The zero-order valence-electron chi connectivity index (χ0n) is 19.6. The van der Waals surface area contributed by atoms with Gasteiger partial charge in [-0.15, -0.1) is 11.6 Å². The molecule has 0 saturated heterocycles. The van der Waals surface area contributed by atoms with Crippen LogP contribution in [0.1, 0.15) is 44.3 Å².